The first-order valence-electron chi connectivity index (χ1n) is 5.25. The maximum atomic E-state index is 10.3. The summed E-state index contributed by atoms with van der Waals surface area (Å²) >= 11 is 0. The zero-order chi connectivity index (χ0) is 11.4. The Morgan fingerprint density at radius 1 is 1.27 bits per heavy atom. The van der Waals surface area contributed by atoms with Crippen molar-refractivity contribution in [3.8, 4) is 0 Å². The molecule has 0 aliphatic rings. The van der Waals surface area contributed by atoms with Crippen molar-refractivity contribution in [3.63, 3.8) is 0 Å². The number of hydrogen-bond acceptors (Lipinski definition) is 2. The Morgan fingerprint density at radius 2 is 1.93 bits per heavy atom. The standard InChI is InChI=1S/C13H17NO/c1-5-13(14-8-15)12-7-6-9(2)10(3)11(12)4/h6-7,13H,5H2,1-4H3. The number of nitrogens with zero attached hydrogens (tertiary/aromatic N) is 1. The van der Waals surface area contributed by atoms with Crippen LogP contribution in [0.1, 0.15) is 41.6 Å². The molecule has 0 aromatic heterocycles. The molecule has 0 bridgehead atoms. The molecule has 15 heavy (non-hydrogen) atoms. The number of isocyanates is 1. The van der Waals surface area contributed by atoms with Gasteiger partial charge in [-0.05, 0) is 49.4 Å². The molecule has 0 saturated heterocycles. The second kappa shape index (κ2) is 4.90. The van der Waals surface area contributed by atoms with E-state index in [0.717, 1.165) is 12.0 Å². The highest BCUT2D eigenvalue weighted by molar-refractivity contribution is 5.42. The quantitative estimate of drug-likeness (QED) is 0.547. The summed E-state index contributed by atoms with van der Waals surface area (Å²) in [6.07, 6.45) is 2.49. The molecule has 0 saturated carbocycles. The summed E-state index contributed by atoms with van der Waals surface area (Å²) in [6.45, 7) is 8.31. The van der Waals surface area contributed by atoms with E-state index in [1.54, 1.807) is 6.08 Å². The lowest BCUT2D eigenvalue weighted by Gasteiger charge is -2.15. The maximum absolute atomic E-state index is 10.3. The highest BCUT2D eigenvalue weighted by Gasteiger charge is 2.12. The van der Waals surface area contributed by atoms with E-state index in [1.165, 1.54) is 16.7 Å². The Bertz CT molecular complexity index is 403. The first kappa shape index (κ1) is 11.7. The molecule has 80 valence electrons. The molecule has 0 fully saturated rings. The molecule has 2 heteroatoms. The van der Waals surface area contributed by atoms with E-state index >= 15 is 0 Å². The fraction of sp³-hybridized carbons (Fsp3) is 0.462. The van der Waals surface area contributed by atoms with Gasteiger partial charge in [0.2, 0.25) is 6.08 Å². The Hall–Kier alpha value is -1.40. The first-order chi connectivity index (χ1) is 7.11. The van der Waals surface area contributed by atoms with Crippen molar-refractivity contribution in [2.75, 3.05) is 0 Å². The molecule has 0 radical (unpaired) electrons. The summed E-state index contributed by atoms with van der Waals surface area (Å²) in [7, 11) is 0. The van der Waals surface area contributed by atoms with Crippen LogP contribution in [0, 0.1) is 20.8 Å². The van der Waals surface area contributed by atoms with Crippen LogP contribution in [0.3, 0.4) is 0 Å². The highest BCUT2D eigenvalue weighted by atomic mass is 16.1. The number of carbonyl (C=O) groups excluding carboxylic acids is 1. The summed E-state index contributed by atoms with van der Waals surface area (Å²) in [5.74, 6) is 0. The predicted molar refractivity (Wildman–Crippen MR) is 61.8 cm³/mol. The third-order valence-corrected chi connectivity index (χ3v) is 3.05. The number of benzene rings is 1. The Balaban J connectivity index is 3.25. The van der Waals surface area contributed by atoms with Gasteiger partial charge in [-0.2, -0.15) is 4.99 Å². The van der Waals surface area contributed by atoms with Crippen LogP contribution in [0.4, 0.5) is 0 Å². The van der Waals surface area contributed by atoms with Gasteiger partial charge in [-0.3, -0.25) is 0 Å². The third kappa shape index (κ3) is 2.34. The maximum Gasteiger partial charge on any atom is 0.235 e. The molecule has 1 rings (SSSR count). The van der Waals surface area contributed by atoms with Crippen molar-refractivity contribution < 1.29 is 4.79 Å². The molecule has 0 aliphatic heterocycles. The second-order valence-electron chi connectivity index (χ2n) is 3.87. The van der Waals surface area contributed by atoms with Crippen LogP contribution in [0.2, 0.25) is 0 Å². The van der Waals surface area contributed by atoms with Crippen LogP contribution in [0.5, 0.6) is 0 Å². The number of hydrogen-bond donors (Lipinski definition) is 0. The minimum absolute atomic E-state index is 0.0400. The topological polar surface area (TPSA) is 29.4 Å². The molecule has 0 aliphatic carbocycles. The average molecular weight is 203 g/mol. The minimum Gasteiger partial charge on any atom is -0.211 e. The largest absolute Gasteiger partial charge is 0.235 e. The van der Waals surface area contributed by atoms with Gasteiger partial charge in [-0.25, -0.2) is 4.79 Å². The van der Waals surface area contributed by atoms with Gasteiger partial charge in [-0.1, -0.05) is 19.1 Å². The fourth-order valence-electron chi connectivity index (χ4n) is 1.78. The SMILES string of the molecule is CCC(N=C=O)c1ccc(C)c(C)c1C. The van der Waals surface area contributed by atoms with Crippen molar-refractivity contribution in [2.45, 2.75) is 40.2 Å². The predicted octanol–water partition coefficient (Wildman–Crippen LogP) is 3.40. The molecule has 0 spiro atoms. The highest BCUT2D eigenvalue weighted by Crippen LogP contribution is 2.27. The van der Waals surface area contributed by atoms with Crippen LogP contribution in [-0.2, 0) is 4.79 Å². The summed E-state index contributed by atoms with van der Waals surface area (Å²) < 4.78 is 0. The van der Waals surface area contributed by atoms with E-state index < -0.39 is 0 Å². The smallest absolute Gasteiger partial charge is 0.211 e. The van der Waals surface area contributed by atoms with Crippen LogP contribution in [-0.4, -0.2) is 6.08 Å². The molecular weight excluding hydrogens is 186 g/mol. The van der Waals surface area contributed by atoms with E-state index in [0.29, 0.717) is 0 Å². The molecular formula is C13H17NO. The Labute approximate surface area is 91.0 Å². The number of aliphatic imine (C=N–C) groups is 1. The molecule has 1 atom stereocenters. The van der Waals surface area contributed by atoms with Crippen molar-refractivity contribution in [2.24, 2.45) is 4.99 Å². The lowest BCUT2D eigenvalue weighted by molar-refractivity contribution is 0.555. The van der Waals surface area contributed by atoms with Crippen molar-refractivity contribution in [1.82, 2.24) is 0 Å². The van der Waals surface area contributed by atoms with E-state index in [2.05, 4.69) is 37.9 Å². The van der Waals surface area contributed by atoms with Crippen LogP contribution in [0.25, 0.3) is 0 Å². The molecule has 1 aromatic rings. The van der Waals surface area contributed by atoms with Gasteiger partial charge in [0.15, 0.2) is 0 Å². The first-order valence-corrected chi connectivity index (χ1v) is 5.25. The van der Waals surface area contributed by atoms with Gasteiger partial charge >= 0.3 is 0 Å². The van der Waals surface area contributed by atoms with Gasteiger partial charge < -0.3 is 0 Å². The van der Waals surface area contributed by atoms with E-state index in [4.69, 9.17) is 0 Å². The molecule has 0 amide bonds. The summed E-state index contributed by atoms with van der Waals surface area (Å²) in [5.41, 5.74) is 4.94. The lowest BCUT2D eigenvalue weighted by atomic mass is 9.93. The van der Waals surface area contributed by atoms with Gasteiger partial charge in [0, 0.05) is 0 Å². The summed E-state index contributed by atoms with van der Waals surface area (Å²) in [4.78, 5) is 14.2. The van der Waals surface area contributed by atoms with E-state index in [9.17, 15) is 4.79 Å². The van der Waals surface area contributed by atoms with Gasteiger partial charge in [0.25, 0.3) is 0 Å². The van der Waals surface area contributed by atoms with Crippen LogP contribution >= 0.6 is 0 Å². The monoisotopic (exact) mass is 203 g/mol. The Kier molecular flexibility index (Phi) is 3.81. The van der Waals surface area contributed by atoms with Gasteiger partial charge in [-0.15, -0.1) is 0 Å². The third-order valence-electron chi connectivity index (χ3n) is 3.05. The van der Waals surface area contributed by atoms with Crippen molar-refractivity contribution in [1.29, 1.82) is 0 Å². The summed E-state index contributed by atoms with van der Waals surface area (Å²) in [5, 5.41) is 0. The van der Waals surface area contributed by atoms with Gasteiger partial charge in [0.1, 0.15) is 0 Å². The van der Waals surface area contributed by atoms with E-state index in [1.807, 2.05) is 6.92 Å². The normalized spacial score (nSPS) is 12.0. The molecule has 0 heterocycles. The number of aryl methyl sites for hydroxylation is 1. The van der Waals surface area contributed by atoms with Crippen molar-refractivity contribution in [3.05, 3.63) is 34.4 Å². The Morgan fingerprint density at radius 3 is 2.47 bits per heavy atom. The fourth-order valence-corrected chi connectivity index (χ4v) is 1.78. The summed E-state index contributed by atoms with van der Waals surface area (Å²) in [6, 6.07) is 4.11. The molecule has 1 unspecified atom stereocenters. The second-order valence-corrected chi connectivity index (χ2v) is 3.87. The number of rotatable bonds is 3. The zero-order valence-electron chi connectivity index (χ0n) is 9.79. The van der Waals surface area contributed by atoms with E-state index in [-0.39, 0.29) is 6.04 Å². The van der Waals surface area contributed by atoms with Gasteiger partial charge in [0.05, 0.1) is 6.04 Å². The molecule has 2 nitrogen and oxygen atoms in total. The van der Waals surface area contributed by atoms with Crippen LogP contribution < -0.4 is 0 Å². The van der Waals surface area contributed by atoms with Crippen molar-refractivity contribution >= 4 is 6.08 Å². The minimum atomic E-state index is -0.0400. The average Bonchev–Trinajstić information content (AvgIpc) is 2.24. The van der Waals surface area contributed by atoms with Crippen LogP contribution in [0.15, 0.2) is 17.1 Å². The zero-order valence-corrected chi connectivity index (χ0v) is 9.79. The molecule has 0 N–H and O–H groups in total. The lowest BCUT2D eigenvalue weighted by Crippen LogP contribution is -2.00. The molecule has 1 aromatic carbocycles.